The van der Waals surface area contributed by atoms with E-state index < -0.39 is 39.7 Å². The second-order valence-corrected chi connectivity index (χ2v) is 10.9. The van der Waals surface area contributed by atoms with Crippen molar-refractivity contribution in [2.45, 2.75) is 31.0 Å². The van der Waals surface area contributed by atoms with Crippen LogP contribution < -0.4 is 10.0 Å². The normalized spacial score (nSPS) is 12.3. The van der Waals surface area contributed by atoms with E-state index in [4.69, 9.17) is 4.74 Å². The number of hydrogen-bond donors (Lipinski definition) is 2. The van der Waals surface area contributed by atoms with Crippen LogP contribution in [0.3, 0.4) is 0 Å². The van der Waals surface area contributed by atoms with Crippen molar-refractivity contribution in [3.05, 3.63) is 125 Å². The van der Waals surface area contributed by atoms with Crippen LogP contribution in [0.2, 0.25) is 0 Å². The standard InChI is InChI=1S/C30H25F3N2O5S/c1-19-8-6-13-24(16-19)35-41(38,39)25-15-14-20(2)26(18-25)29(37)40-27(21-9-4-3-5-10-21)28(36)34-23-12-7-11-22(17-23)30(31,32)33/h3-18,27,35H,1-2H3,(H,34,36). The molecular formula is C30H25F3N2O5S. The zero-order valence-corrected chi connectivity index (χ0v) is 22.7. The predicted octanol–water partition coefficient (Wildman–Crippen LogP) is 6.66. The first-order chi connectivity index (χ1) is 19.3. The van der Waals surface area contributed by atoms with Crippen LogP contribution in [0.25, 0.3) is 0 Å². The molecule has 7 nitrogen and oxygen atoms in total. The number of amides is 1. The minimum absolute atomic E-state index is 0.107. The van der Waals surface area contributed by atoms with Crippen molar-refractivity contribution < 1.29 is 35.9 Å². The van der Waals surface area contributed by atoms with Gasteiger partial charge in [-0.05, 0) is 67.4 Å². The van der Waals surface area contributed by atoms with E-state index in [1.165, 1.54) is 30.3 Å². The molecule has 4 rings (SSSR count). The summed E-state index contributed by atoms with van der Waals surface area (Å²) in [5.41, 5.74) is 0.607. The number of ether oxygens (including phenoxy) is 1. The second-order valence-electron chi connectivity index (χ2n) is 9.22. The Balaban J connectivity index is 1.61. The van der Waals surface area contributed by atoms with Crippen molar-refractivity contribution in [1.29, 1.82) is 0 Å². The lowest BCUT2D eigenvalue weighted by Crippen LogP contribution is -2.26. The molecule has 41 heavy (non-hydrogen) atoms. The van der Waals surface area contributed by atoms with Gasteiger partial charge in [0.05, 0.1) is 16.0 Å². The first-order valence-electron chi connectivity index (χ1n) is 12.3. The number of hydrogen-bond acceptors (Lipinski definition) is 5. The number of benzene rings is 4. The van der Waals surface area contributed by atoms with Gasteiger partial charge in [-0.15, -0.1) is 0 Å². The van der Waals surface area contributed by atoms with E-state index in [0.717, 1.165) is 29.8 Å². The summed E-state index contributed by atoms with van der Waals surface area (Å²) in [5.74, 6) is -1.89. The Kier molecular flexibility index (Phi) is 8.48. The van der Waals surface area contributed by atoms with Crippen LogP contribution in [-0.4, -0.2) is 20.3 Å². The lowest BCUT2D eigenvalue weighted by atomic mass is 10.1. The van der Waals surface area contributed by atoms with Crippen molar-refractivity contribution in [2.24, 2.45) is 0 Å². The van der Waals surface area contributed by atoms with Gasteiger partial charge in [-0.1, -0.05) is 54.6 Å². The average molecular weight is 583 g/mol. The molecule has 4 aromatic carbocycles. The van der Waals surface area contributed by atoms with E-state index in [1.54, 1.807) is 43.3 Å². The maximum absolute atomic E-state index is 13.3. The van der Waals surface area contributed by atoms with E-state index in [9.17, 15) is 31.2 Å². The van der Waals surface area contributed by atoms with Gasteiger partial charge >= 0.3 is 12.1 Å². The molecule has 0 aliphatic carbocycles. The van der Waals surface area contributed by atoms with Gasteiger partial charge in [-0.25, -0.2) is 13.2 Å². The predicted molar refractivity (Wildman–Crippen MR) is 148 cm³/mol. The zero-order valence-electron chi connectivity index (χ0n) is 21.9. The van der Waals surface area contributed by atoms with Crippen LogP contribution in [0.4, 0.5) is 24.5 Å². The lowest BCUT2D eigenvalue weighted by molar-refractivity contribution is -0.137. The molecule has 1 amide bonds. The van der Waals surface area contributed by atoms with Gasteiger partial charge < -0.3 is 10.1 Å². The summed E-state index contributed by atoms with van der Waals surface area (Å²) in [4.78, 5) is 26.3. The number of rotatable bonds is 8. The van der Waals surface area contributed by atoms with Crippen LogP contribution in [0.15, 0.2) is 102 Å². The van der Waals surface area contributed by atoms with Crippen LogP contribution >= 0.6 is 0 Å². The largest absolute Gasteiger partial charge is 0.444 e. The third-order valence-electron chi connectivity index (χ3n) is 6.03. The topological polar surface area (TPSA) is 102 Å². The molecule has 0 aliphatic heterocycles. The summed E-state index contributed by atoms with van der Waals surface area (Å²) in [5, 5.41) is 2.37. The van der Waals surface area contributed by atoms with Crippen LogP contribution in [0.5, 0.6) is 0 Å². The molecular weight excluding hydrogens is 557 g/mol. The molecule has 0 heterocycles. The summed E-state index contributed by atoms with van der Waals surface area (Å²) in [6, 6.07) is 22.6. The molecule has 0 spiro atoms. The SMILES string of the molecule is Cc1cccc(NS(=O)(=O)c2ccc(C)c(C(=O)OC(C(=O)Nc3cccc(C(F)(F)F)c3)c3ccccc3)c2)c1. The number of carbonyl (C=O) groups is 2. The van der Waals surface area contributed by atoms with Gasteiger partial charge in [0.15, 0.2) is 0 Å². The Morgan fingerprint density at radius 3 is 2.17 bits per heavy atom. The van der Waals surface area contributed by atoms with Gasteiger partial charge in [-0.2, -0.15) is 13.2 Å². The maximum Gasteiger partial charge on any atom is 0.416 e. The maximum atomic E-state index is 13.3. The number of anilines is 2. The number of carbonyl (C=O) groups excluding carboxylic acids is 2. The summed E-state index contributed by atoms with van der Waals surface area (Å²) in [6.07, 6.45) is -6.17. The monoisotopic (exact) mass is 582 g/mol. The Morgan fingerprint density at radius 1 is 0.805 bits per heavy atom. The van der Waals surface area contributed by atoms with Gasteiger partial charge in [-0.3, -0.25) is 9.52 Å². The number of sulfonamides is 1. The van der Waals surface area contributed by atoms with Crippen molar-refractivity contribution in [2.75, 3.05) is 10.0 Å². The molecule has 1 unspecified atom stereocenters. The quantitative estimate of drug-likeness (QED) is 0.226. The molecule has 1 atom stereocenters. The van der Waals surface area contributed by atoms with Crippen LogP contribution in [0, 0.1) is 13.8 Å². The Hall–Kier alpha value is -4.64. The first kappa shape index (κ1) is 29.3. The minimum atomic E-state index is -4.62. The third kappa shape index (κ3) is 7.31. The van der Waals surface area contributed by atoms with Crippen molar-refractivity contribution in [3.8, 4) is 0 Å². The number of halogens is 3. The summed E-state index contributed by atoms with van der Waals surface area (Å²) >= 11 is 0. The van der Waals surface area contributed by atoms with E-state index in [-0.39, 0.29) is 21.7 Å². The summed E-state index contributed by atoms with van der Waals surface area (Å²) < 4.78 is 73.6. The smallest absolute Gasteiger partial charge is 0.416 e. The number of alkyl halides is 3. The highest BCUT2D eigenvalue weighted by Gasteiger charge is 2.31. The van der Waals surface area contributed by atoms with Crippen molar-refractivity contribution in [1.82, 2.24) is 0 Å². The van der Waals surface area contributed by atoms with Gasteiger partial charge in [0.1, 0.15) is 0 Å². The molecule has 0 saturated heterocycles. The lowest BCUT2D eigenvalue weighted by Gasteiger charge is -2.19. The average Bonchev–Trinajstić information content (AvgIpc) is 2.91. The van der Waals surface area contributed by atoms with E-state index in [1.807, 2.05) is 13.0 Å². The van der Waals surface area contributed by atoms with Crippen LogP contribution in [-0.2, 0) is 25.7 Å². The molecule has 0 aromatic heterocycles. The van der Waals surface area contributed by atoms with Crippen molar-refractivity contribution >= 4 is 33.3 Å². The molecule has 0 bridgehead atoms. The molecule has 0 fully saturated rings. The summed E-state index contributed by atoms with van der Waals surface area (Å²) in [6.45, 7) is 3.38. The fourth-order valence-electron chi connectivity index (χ4n) is 3.96. The molecule has 0 saturated carbocycles. The number of esters is 1. The number of aryl methyl sites for hydroxylation is 2. The summed E-state index contributed by atoms with van der Waals surface area (Å²) in [7, 11) is -4.09. The highest BCUT2D eigenvalue weighted by atomic mass is 32.2. The fourth-order valence-corrected chi connectivity index (χ4v) is 5.04. The highest BCUT2D eigenvalue weighted by molar-refractivity contribution is 7.92. The van der Waals surface area contributed by atoms with Gasteiger partial charge in [0.25, 0.3) is 15.9 Å². The van der Waals surface area contributed by atoms with Gasteiger partial charge in [0, 0.05) is 16.9 Å². The molecule has 2 N–H and O–H groups in total. The van der Waals surface area contributed by atoms with Crippen molar-refractivity contribution in [3.63, 3.8) is 0 Å². The fraction of sp³-hybridized carbons (Fsp3) is 0.133. The third-order valence-corrected chi connectivity index (χ3v) is 7.41. The first-order valence-corrected chi connectivity index (χ1v) is 13.8. The Bertz CT molecular complexity index is 1690. The van der Waals surface area contributed by atoms with E-state index in [2.05, 4.69) is 10.0 Å². The molecule has 212 valence electrons. The van der Waals surface area contributed by atoms with E-state index in [0.29, 0.717) is 11.3 Å². The molecule has 0 aliphatic rings. The zero-order chi connectivity index (χ0) is 29.8. The van der Waals surface area contributed by atoms with Gasteiger partial charge in [0.2, 0.25) is 6.10 Å². The molecule has 0 radical (unpaired) electrons. The molecule has 11 heteroatoms. The second kappa shape index (κ2) is 11.8. The highest BCUT2D eigenvalue weighted by Crippen LogP contribution is 2.31. The van der Waals surface area contributed by atoms with Crippen LogP contribution in [0.1, 0.15) is 38.7 Å². The number of nitrogens with one attached hydrogen (secondary N) is 2. The van der Waals surface area contributed by atoms with E-state index >= 15 is 0 Å². The molecule has 4 aromatic rings. The Labute approximate surface area is 235 Å². The Morgan fingerprint density at radius 2 is 1.49 bits per heavy atom. The minimum Gasteiger partial charge on any atom is -0.444 e.